The van der Waals surface area contributed by atoms with Crippen LogP contribution in [0.3, 0.4) is 0 Å². The van der Waals surface area contributed by atoms with E-state index in [1.165, 1.54) is 17.3 Å². The maximum Gasteiger partial charge on any atom is 0.240 e. The molecule has 1 heterocycles. The zero-order valence-corrected chi connectivity index (χ0v) is 14.7. The van der Waals surface area contributed by atoms with Crippen molar-refractivity contribution in [3.8, 4) is 0 Å². The van der Waals surface area contributed by atoms with Gasteiger partial charge in [-0.25, -0.2) is 4.99 Å². The number of amidine groups is 1. The lowest BCUT2D eigenvalue weighted by molar-refractivity contribution is -0.122. The normalized spacial score (nSPS) is 18.2. The first-order valence-electron chi connectivity index (χ1n) is 8.14. The number of aliphatic imine (C=N–C) groups is 1. The molecule has 2 aromatic rings. The van der Waals surface area contributed by atoms with Crippen LogP contribution in [0.1, 0.15) is 18.9 Å². The highest BCUT2D eigenvalue weighted by molar-refractivity contribution is 8.15. The van der Waals surface area contributed by atoms with Crippen LogP contribution in [0.25, 0.3) is 0 Å². The summed E-state index contributed by atoms with van der Waals surface area (Å²) >= 11 is 1.29. The first-order valence-corrected chi connectivity index (χ1v) is 9.02. The number of thioether (sulfide) groups is 1. The fourth-order valence-electron chi connectivity index (χ4n) is 2.42. The molecule has 0 radical (unpaired) electrons. The van der Waals surface area contributed by atoms with Crippen LogP contribution in [0.5, 0.6) is 0 Å². The van der Waals surface area contributed by atoms with Gasteiger partial charge in [-0.1, -0.05) is 49.0 Å². The van der Waals surface area contributed by atoms with Gasteiger partial charge < -0.3 is 10.6 Å². The van der Waals surface area contributed by atoms with Crippen LogP contribution in [0.2, 0.25) is 0 Å². The van der Waals surface area contributed by atoms with E-state index in [9.17, 15) is 9.59 Å². The fourth-order valence-corrected chi connectivity index (χ4v) is 3.40. The van der Waals surface area contributed by atoms with Crippen LogP contribution >= 0.6 is 11.8 Å². The summed E-state index contributed by atoms with van der Waals surface area (Å²) in [6, 6.07) is 17.1. The molecule has 1 unspecified atom stereocenters. The lowest BCUT2D eigenvalue weighted by atomic mass is 10.1. The molecular formula is C19H19N3O2S. The van der Waals surface area contributed by atoms with Crippen molar-refractivity contribution in [3.63, 3.8) is 0 Å². The lowest BCUT2D eigenvalue weighted by Gasteiger charge is -2.08. The summed E-state index contributed by atoms with van der Waals surface area (Å²) in [4.78, 5) is 28.6. The van der Waals surface area contributed by atoms with E-state index in [1.807, 2.05) is 54.6 Å². The van der Waals surface area contributed by atoms with Crippen molar-refractivity contribution in [1.29, 1.82) is 0 Å². The van der Waals surface area contributed by atoms with Gasteiger partial charge in [-0.05, 0) is 36.2 Å². The number of anilines is 1. The second-order valence-electron chi connectivity index (χ2n) is 5.65. The molecule has 25 heavy (non-hydrogen) atoms. The molecule has 6 heteroatoms. The summed E-state index contributed by atoms with van der Waals surface area (Å²) in [6.07, 6.45) is 1.07. The number of hydrogen-bond donors (Lipinski definition) is 2. The molecule has 2 amide bonds. The van der Waals surface area contributed by atoms with Gasteiger partial charge in [0.1, 0.15) is 5.25 Å². The molecule has 0 aromatic heterocycles. The predicted octanol–water partition coefficient (Wildman–Crippen LogP) is 3.50. The molecule has 3 rings (SSSR count). The highest BCUT2D eigenvalue weighted by Crippen LogP contribution is 2.25. The minimum Gasteiger partial charge on any atom is -0.326 e. The fraction of sp³-hybridized carbons (Fsp3) is 0.211. The highest BCUT2D eigenvalue weighted by atomic mass is 32.2. The number of para-hydroxylation sites is 1. The third-order valence-electron chi connectivity index (χ3n) is 3.78. The SMILES string of the molecule is CCc1ccc(NC(=O)CC2SC(=Nc3ccccc3)NC2=O)cc1. The van der Waals surface area contributed by atoms with E-state index in [0.717, 1.165) is 17.8 Å². The number of amides is 2. The molecule has 0 bridgehead atoms. The van der Waals surface area contributed by atoms with Gasteiger partial charge in [-0.15, -0.1) is 0 Å². The molecule has 1 aliphatic rings. The Kier molecular flexibility index (Phi) is 5.50. The molecule has 0 spiro atoms. The summed E-state index contributed by atoms with van der Waals surface area (Å²) in [7, 11) is 0. The Morgan fingerprint density at radius 1 is 1.16 bits per heavy atom. The number of carbonyl (C=O) groups is 2. The summed E-state index contributed by atoms with van der Waals surface area (Å²) < 4.78 is 0. The third-order valence-corrected chi connectivity index (χ3v) is 4.86. The second kappa shape index (κ2) is 7.98. The molecule has 5 nitrogen and oxygen atoms in total. The first-order chi connectivity index (χ1) is 12.1. The van der Waals surface area contributed by atoms with E-state index < -0.39 is 5.25 Å². The Balaban J connectivity index is 1.58. The zero-order valence-electron chi connectivity index (χ0n) is 13.9. The molecular weight excluding hydrogens is 334 g/mol. The topological polar surface area (TPSA) is 70.6 Å². The smallest absolute Gasteiger partial charge is 0.240 e. The molecule has 2 N–H and O–H groups in total. The highest BCUT2D eigenvalue weighted by Gasteiger charge is 2.32. The van der Waals surface area contributed by atoms with E-state index in [1.54, 1.807) is 0 Å². The third kappa shape index (κ3) is 4.70. The molecule has 128 valence electrons. The number of nitrogens with one attached hydrogen (secondary N) is 2. The Labute approximate surface area is 150 Å². The van der Waals surface area contributed by atoms with Crippen molar-refractivity contribution < 1.29 is 9.59 Å². The lowest BCUT2D eigenvalue weighted by Crippen LogP contribution is -2.28. The predicted molar refractivity (Wildman–Crippen MR) is 102 cm³/mol. The number of aryl methyl sites for hydroxylation is 1. The number of rotatable bonds is 5. The van der Waals surface area contributed by atoms with Crippen LogP contribution < -0.4 is 10.6 Å². The molecule has 2 aromatic carbocycles. The minimum absolute atomic E-state index is 0.111. The van der Waals surface area contributed by atoms with Crippen molar-refractivity contribution in [2.24, 2.45) is 4.99 Å². The number of benzene rings is 2. The average molecular weight is 353 g/mol. The molecule has 0 saturated carbocycles. The summed E-state index contributed by atoms with van der Waals surface area (Å²) in [5.74, 6) is -0.367. The van der Waals surface area contributed by atoms with Gasteiger partial charge in [-0.3, -0.25) is 9.59 Å². The van der Waals surface area contributed by atoms with E-state index in [0.29, 0.717) is 5.17 Å². The quantitative estimate of drug-likeness (QED) is 0.864. The van der Waals surface area contributed by atoms with Gasteiger partial charge in [0.15, 0.2) is 5.17 Å². The summed E-state index contributed by atoms with van der Waals surface area (Å²) in [6.45, 7) is 2.08. The van der Waals surface area contributed by atoms with Gasteiger partial charge in [-0.2, -0.15) is 0 Å². The Hall–Kier alpha value is -2.60. The number of carbonyl (C=O) groups excluding carboxylic acids is 2. The van der Waals surface area contributed by atoms with Gasteiger partial charge in [0.2, 0.25) is 11.8 Å². The first kappa shape index (κ1) is 17.2. The van der Waals surface area contributed by atoms with Crippen LogP contribution in [0, 0.1) is 0 Å². The van der Waals surface area contributed by atoms with Gasteiger partial charge in [0, 0.05) is 12.1 Å². The van der Waals surface area contributed by atoms with Crippen molar-refractivity contribution in [2.75, 3.05) is 5.32 Å². The molecule has 1 aliphatic heterocycles. The van der Waals surface area contributed by atoms with Gasteiger partial charge in [0.05, 0.1) is 5.69 Å². The van der Waals surface area contributed by atoms with Crippen LogP contribution in [0.15, 0.2) is 59.6 Å². The Bertz CT molecular complexity index is 788. The number of nitrogens with zero attached hydrogens (tertiary/aromatic N) is 1. The maximum absolute atomic E-state index is 12.2. The van der Waals surface area contributed by atoms with Crippen LogP contribution in [-0.2, 0) is 16.0 Å². The van der Waals surface area contributed by atoms with Crippen molar-refractivity contribution in [3.05, 3.63) is 60.2 Å². The summed E-state index contributed by atoms with van der Waals surface area (Å²) in [5.41, 5.74) is 2.72. The average Bonchev–Trinajstić information content (AvgIpc) is 2.95. The maximum atomic E-state index is 12.2. The largest absolute Gasteiger partial charge is 0.326 e. The Morgan fingerprint density at radius 3 is 2.56 bits per heavy atom. The van der Waals surface area contributed by atoms with Crippen molar-refractivity contribution in [2.45, 2.75) is 25.0 Å². The van der Waals surface area contributed by atoms with Crippen LogP contribution in [0.4, 0.5) is 11.4 Å². The van der Waals surface area contributed by atoms with Gasteiger partial charge in [0.25, 0.3) is 0 Å². The standard InChI is InChI=1S/C19H19N3O2S/c1-2-13-8-10-15(11-9-13)20-17(23)12-16-18(24)22-19(25-16)21-14-6-4-3-5-7-14/h3-11,16H,2,12H2,1H3,(H,20,23)(H,21,22,24). The second-order valence-corrected chi connectivity index (χ2v) is 6.84. The number of hydrogen-bond acceptors (Lipinski definition) is 4. The monoisotopic (exact) mass is 353 g/mol. The van der Waals surface area contributed by atoms with Gasteiger partial charge >= 0.3 is 0 Å². The van der Waals surface area contributed by atoms with E-state index in [2.05, 4.69) is 22.5 Å². The molecule has 1 atom stereocenters. The molecule has 1 saturated heterocycles. The van der Waals surface area contributed by atoms with Crippen molar-refractivity contribution in [1.82, 2.24) is 5.32 Å². The summed E-state index contributed by atoms with van der Waals surface area (Å²) in [5, 5.41) is 5.63. The van der Waals surface area contributed by atoms with Crippen LogP contribution in [-0.4, -0.2) is 22.2 Å². The Morgan fingerprint density at radius 2 is 1.88 bits per heavy atom. The van der Waals surface area contributed by atoms with E-state index >= 15 is 0 Å². The molecule has 0 aliphatic carbocycles. The minimum atomic E-state index is -0.461. The van der Waals surface area contributed by atoms with E-state index in [-0.39, 0.29) is 18.2 Å². The van der Waals surface area contributed by atoms with Crippen molar-refractivity contribution >= 4 is 40.1 Å². The zero-order chi connectivity index (χ0) is 17.6. The molecule has 1 fully saturated rings. The van der Waals surface area contributed by atoms with E-state index in [4.69, 9.17) is 0 Å².